The molecule has 230 valence electrons. The van der Waals surface area contributed by atoms with Crippen LogP contribution in [-0.2, 0) is 9.59 Å². The number of likely N-dealkylation sites (tertiary alicyclic amines) is 1. The molecule has 1 aromatic carbocycles. The molecule has 0 bridgehead atoms. The lowest BCUT2D eigenvalue weighted by atomic mass is 9.91. The third-order valence-electron chi connectivity index (χ3n) is 7.12. The molecule has 17 heteroatoms. The number of carbonyl (C=O) groups is 2. The average Bonchev–Trinajstić information content (AvgIpc) is 3.27. The summed E-state index contributed by atoms with van der Waals surface area (Å²) in [4.78, 5) is 30.8. The Morgan fingerprint density at radius 3 is 2.26 bits per heavy atom. The summed E-state index contributed by atoms with van der Waals surface area (Å²) in [5.41, 5.74) is -0.759. The van der Waals surface area contributed by atoms with Crippen LogP contribution in [0.3, 0.4) is 0 Å². The van der Waals surface area contributed by atoms with E-state index in [1.807, 2.05) is 0 Å². The molecule has 2 amide bonds. The van der Waals surface area contributed by atoms with Gasteiger partial charge in [-0.2, -0.15) is 5.26 Å². The van der Waals surface area contributed by atoms with E-state index in [1.54, 1.807) is 6.19 Å². The van der Waals surface area contributed by atoms with Gasteiger partial charge < -0.3 is 5.32 Å². The van der Waals surface area contributed by atoms with Gasteiger partial charge in [-0.05, 0) is 49.6 Å². The van der Waals surface area contributed by atoms with E-state index < -0.39 is 80.7 Å². The van der Waals surface area contributed by atoms with Crippen LogP contribution in [0.25, 0.3) is 0 Å². The van der Waals surface area contributed by atoms with E-state index in [-0.39, 0.29) is 43.5 Å². The molecule has 1 saturated heterocycles. The van der Waals surface area contributed by atoms with Gasteiger partial charge in [0, 0.05) is 42.9 Å². The molecule has 1 aromatic heterocycles. The van der Waals surface area contributed by atoms with Crippen molar-refractivity contribution in [2.75, 3.05) is 11.4 Å². The fourth-order valence-electron chi connectivity index (χ4n) is 5.02. The number of benzene rings is 1. The summed E-state index contributed by atoms with van der Waals surface area (Å²) in [7, 11) is -10.1. The van der Waals surface area contributed by atoms with Crippen molar-refractivity contribution >= 4 is 39.3 Å². The van der Waals surface area contributed by atoms with Gasteiger partial charge in [0.05, 0.1) is 11.6 Å². The Morgan fingerprint density at radius 2 is 1.71 bits per heavy atom. The number of carbonyl (C=O) groups excluding carboxylic acids is 2. The molecule has 2 fully saturated rings. The molecule has 4 rings (SSSR count). The smallest absolute Gasteiger partial charge is 0.310 e. The second-order valence-corrected chi connectivity index (χ2v) is 13.2. The molecule has 2 heterocycles. The number of hydrogen-bond acceptors (Lipinski definition) is 5. The van der Waals surface area contributed by atoms with E-state index in [0.717, 1.165) is 23.4 Å². The van der Waals surface area contributed by atoms with Crippen LogP contribution < -0.4 is 10.2 Å². The summed E-state index contributed by atoms with van der Waals surface area (Å²) in [6.07, 6.45) is 2.31. The van der Waals surface area contributed by atoms with Crippen molar-refractivity contribution in [2.24, 2.45) is 0 Å². The first-order valence-corrected chi connectivity index (χ1v) is 14.9. The summed E-state index contributed by atoms with van der Waals surface area (Å²) in [6, 6.07) is -2.14. The summed E-state index contributed by atoms with van der Waals surface area (Å²) in [5, 5.41) is 11.1. The average molecular weight is 646 g/mol. The highest BCUT2D eigenvalue weighted by molar-refractivity contribution is 8.45. The summed E-state index contributed by atoms with van der Waals surface area (Å²) in [6.45, 7) is 0.0206. The largest absolute Gasteiger partial charge is 0.351 e. The van der Waals surface area contributed by atoms with E-state index in [0.29, 0.717) is 17.0 Å². The molecule has 2 aromatic rings. The van der Waals surface area contributed by atoms with E-state index in [2.05, 4.69) is 10.3 Å². The van der Waals surface area contributed by atoms with Crippen molar-refractivity contribution in [3.8, 4) is 6.19 Å². The Kier molecular flexibility index (Phi) is 7.86. The van der Waals surface area contributed by atoms with E-state index >= 15 is 0 Å². The first kappa shape index (κ1) is 31.6. The van der Waals surface area contributed by atoms with Gasteiger partial charge in [0.2, 0.25) is 11.8 Å². The highest BCUT2D eigenvalue weighted by Gasteiger charge is 2.65. The highest BCUT2D eigenvalue weighted by atomic mass is 35.5. The number of nitrogens with one attached hydrogen (secondary N) is 1. The topological polar surface area (TPSA) is 89.3 Å². The molecule has 42 heavy (non-hydrogen) atoms. The number of nitriles is 1. The summed E-state index contributed by atoms with van der Waals surface area (Å²) < 4.78 is 109. The standard InChI is InChI=1S/C25H24ClF8N5O2S/c26-20-7-10-38(14-35)22(20)24(41)39(18-1-3-19(4-2-18)42(30,31,32,33)34)21(15-11-16(27)13-36-12-15)23(40)37-17-5-8-25(28,29)9-6-17/h1-4,11-13,17,20-22H,5-10H2,(H,37,40)/t20?,21?,22-/m1/s1. The zero-order valence-electron chi connectivity index (χ0n) is 21.5. The third-order valence-corrected chi connectivity index (χ3v) is 8.74. The Bertz CT molecular complexity index is 1400. The second-order valence-electron chi connectivity index (χ2n) is 10.2. The predicted molar refractivity (Wildman–Crippen MR) is 138 cm³/mol. The van der Waals surface area contributed by atoms with Crippen molar-refractivity contribution in [2.45, 2.75) is 66.4 Å². The molecule has 3 atom stereocenters. The van der Waals surface area contributed by atoms with Crippen LogP contribution in [0.4, 0.5) is 38.3 Å². The molecule has 2 aliphatic rings. The molecule has 0 radical (unpaired) electrons. The molecule has 0 spiro atoms. The molecule has 1 aliphatic carbocycles. The quantitative estimate of drug-likeness (QED) is 0.203. The monoisotopic (exact) mass is 645 g/mol. The zero-order chi connectivity index (χ0) is 31.2. The predicted octanol–water partition coefficient (Wildman–Crippen LogP) is 6.81. The van der Waals surface area contributed by atoms with Crippen LogP contribution in [0.15, 0.2) is 47.6 Å². The van der Waals surface area contributed by atoms with Gasteiger partial charge in [0.25, 0.3) is 5.91 Å². The normalized spacial score (nSPS) is 23.3. The van der Waals surface area contributed by atoms with Crippen molar-refractivity contribution < 1.29 is 42.2 Å². The van der Waals surface area contributed by atoms with Crippen molar-refractivity contribution in [3.05, 3.63) is 54.1 Å². The van der Waals surface area contributed by atoms with Crippen LogP contribution in [0.5, 0.6) is 0 Å². The maximum atomic E-state index is 14.3. The van der Waals surface area contributed by atoms with Crippen LogP contribution in [0.2, 0.25) is 0 Å². The molecule has 1 aliphatic heterocycles. The van der Waals surface area contributed by atoms with Gasteiger partial charge in [-0.1, -0.05) is 19.4 Å². The molecule has 2 unspecified atom stereocenters. The van der Waals surface area contributed by atoms with E-state index in [4.69, 9.17) is 11.6 Å². The highest BCUT2D eigenvalue weighted by Crippen LogP contribution is 3.02. The minimum atomic E-state index is -10.1. The Morgan fingerprint density at radius 1 is 1.10 bits per heavy atom. The van der Waals surface area contributed by atoms with Gasteiger partial charge in [-0.25, -0.2) is 13.2 Å². The molecular formula is C25H24ClF8N5O2S. The van der Waals surface area contributed by atoms with E-state index in [9.17, 15) is 47.5 Å². The SMILES string of the molecule is N#CN1CCC(Cl)[C@@H]1C(=O)N(c1ccc(S(F)(F)(F)(F)F)cc1)C(C(=O)NC1CCC(F)(F)CC1)c1cncc(F)c1. The Balaban J connectivity index is 1.83. The lowest BCUT2D eigenvalue weighted by Gasteiger charge is -2.41. The van der Waals surface area contributed by atoms with E-state index in [1.165, 1.54) is 0 Å². The Labute approximate surface area is 240 Å². The lowest BCUT2D eigenvalue weighted by Crippen LogP contribution is -2.53. The summed E-state index contributed by atoms with van der Waals surface area (Å²) in [5.74, 6) is -6.01. The fourth-order valence-corrected chi connectivity index (χ4v) is 6.02. The van der Waals surface area contributed by atoms with Crippen LogP contribution >= 0.6 is 21.8 Å². The number of alkyl halides is 3. The number of halogens is 9. The number of anilines is 1. The van der Waals surface area contributed by atoms with Gasteiger partial charge >= 0.3 is 10.2 Å². The first-order valence-electron chi connectivity index (χ1n) is 12.6. The van der Waals surface area contributed by atoms with Gasteiger partial charge in [0.15, 0.2) is 6.19 Å². The summed E-state index contributed by atoms with van der Waals surface area (Å²) >= 11 is 6.31. The number of pyridine rings is 1. The van der Waals surface area contributed by atoms with Gasteiger partial charge in [-0.15, -0.1) is 11.6 Å². The first-order chi connectivity index (χ1) is 19.3. The fraction of sp³-hybridized carbons (Fsp3) is 0.440. The van der Waals surface area contributed by atoms with Gasteiger partial charge in [0.1, 0.15) is 22.8 Å². The molecular weight excluding hydrogens is 622 g/mol. The third kappa shape index (κ3) is 7.00. The van der Waals surface area contributed by atoms with Crippen LogP contribution in [-0.4, -0.2) is 51.6 Å². The lowest BCUT2D eigenvalue weighted by molar-refractivity contribution is -0.129. The molecule has 1 N–H and O–H groups in total. The minimum Gasteiger partial charge on any atom is -0.351 e. The zero-order valence-corrected chi connectivity index (χ0v) is 23.1. The van der Waals surface area contributed by atoms with Gasteiger partial charge in [-0.3, -0.25) is 24.4 Å². The number of aromatic nitrogens is 1. The van der Waals surface area contributed by atoms with Crippen molar-refractivity contribution in [1.82, 2.24) is 15.2 Å². The number of amides is 2. The molecule has 1 saturated carbocycles. The van der Waals surface area contributed by atoms with Crippen LogP contribution in [0, 0.1) is 17.3 Å². The van der Waals surface area contributed by atoms with Crippen molar-refractivity contribution in [3.63, 3.8) is 0 Å². The number of hydrogen-bond donors (Lipinski definition) is 1. The van der Waals surface area contributed by atoms with Crippen molar-refractivity contribution in [1.29, 1.82) is 5.26 Å². The van der Waals surface area contributed by atoms with Crippen LogP contribution in [0.1, 0.15) is 43.7 Å². The number of nitrogens with zero attached hydrogens (tertiary/aromatic N) is 4. The maximum absolute atomic E-state index is 14.3. The maximum Gasteiger partial charge on any atom is 0.310 e. The Hall–Kier alpha value is -3.32. The minimum absolute atomic E-state index is 0.0206. The number of rotatable bonds is 7. The second kappa shape index (κ2) is 10.4. The molecule has 7 nitrogen and oxygen atoms in total.